The van der Waals surface area contributed by atoms with Crippen molar-refractivity contribution in [2.45, 2.75) is 174 Å². The Bertz CT molecular complexity index is 590. The van der Waals surface area contributed by atoms with E-state index in [0.717, 1.165) is 38.5 Å². The Kier molecular flexibility index (Phi) is 26.6. The van der Waals surface area contributed by atoms with E-state index in [-0.39, 0.29) is 6.61 Å². The summed E-state index contributed by atoms with van der Waals surface area (Å²) in [7, 11) is 0. The Morgan fingerprint density at radius 3 is 1.76 bits per heavy atom. The van der Waals surface area contributed by atoms with Crippen LogP contribution >= 0.6 is 0 Å². The van der Waals surface area contributed by atoms with Gasteiger partial charge in [-0.3, -0.25) is 4.79 Å². The first-order valence-corrected chi connectivity index (χ1v) is 16.1. The number of aliphatic hydroxyl groups is 3. The van der Waals surface area contributed by atoms with Gasteiger partial charge in [-0.2, -0.15) is 0 Å². The molecule has 0 aliphatic rings. The van der Waals surface area contributed by atoms with E-state index in [1.807, 2.05) is 6.08 Å². The first-order valence-electron chi connectivity index (χ1n) is 16.1. The molecule has 224 valence electrons. The zero-order valence-electron chi connectivity index (χ0n) is 25.3. The van der Waals surface area contributed by atoms with Crippen molar-refractivity contribution in [3.05, 3.63) is 23.8 Å². The van der Waals surface area contributed by atoms with Gasteiger partial charge >= 0.3 is 0 Å². The van der Waals surface area contributed by atoms with Crippen LogP contribution in [0.4, 0.5) is 0 Å². The topological polar surface area (TPSA) is 89.8 Å². The van der Waals surface area contributed by atoms with Crippen LogP contribution in [0.2, 0.25) is 0 Å². The van der Waals surface area contributed by atoms with Crippen molar-refractivity contribution >= 4 is 5.91 Å². The Morgan fingerprint density at radius 1 is 0.737 bits per heavy atom. The first-order chi connectivity index (χ1) is 18.5. The first kappa shape index (κ1) is 36.8. The molecule has 0 aliphatic heterocycles. The van der Waals surface area contributed by atoms with Crippen molar-refractivity contribution in [3.8, 4) is 0 Å². The molecule has 0 bridgehead atoms. The Hall–Kier alpha value is -1.17. The third-order valence-corrected chi connectivity index (χ3v) is 7.40. The quantitative estimate of drug-likeness (QED) is 0.0633. The van der Waals surface area contributed by atoms with Crippen LogP contribution in [0.15, 0.2) is 23.8 Å². The van der Waals surface area contributed by atoms with Gasteiger partial charge in [0, 0.05) is 0 Å². The van der Waals surface area contributed by atoms with Gasteiger partial charge in [0.1, 0.15) is 6.10 Å². The number of carbonyl (C=O) groups excluding carboxylic acids is 1. The van der Waals surface area contributed by atoms with Crippen LogP contribution in [0.1, 0.15) is 156 Å². The van der Waals surface area contributed by atoms with E-state index >= 15 is 0 Å². The number of unbranched alkanes of at least 4 members (excludes halogenated alkanes) is 16. The number of hydrogen-bond acceptors (Lipinski definition) is 4. The van der Waals surface area contributed by atoms with Gasteiger partial charge in [-0.1, -0.05) is 140 Å². The minimum Gasteiger partial charge on any atom is -0.394 e. The molecule has 1 amide bonds. The maximum atomic E-state index is 12.3. The summed E-state index contributed by atoms with van der Waals surface area (Å²) in [6, 6.07) is -0.810. The lowest BCUT2D eigenvalue weighted by Crippen LogP contribution is -2.48. The summed E-state index contributed by atoms with van der Waals surface area (Å²) in [5.74, 6) is -0.517. The van der Waals surface area contributed by atoms with E-state index in [2.05, 4.69) is 32.2 Å². The molecule has 38 heavy (non-hydrogen) atoms. The summed E-state index contributed by atoms with van der Waals surface area (Å²) in [6.07, 6.45) is 28.3. The van der Waals surface area contributed by atoms with Crippen LogP contribution < -0.4 is 5.32 Å². The Morgan fingerprint density at radius 2 is 1.24 bits per heavy atom. The fraction of sp³-hybridized carbons (Fsp3) is 0.848. The molecule has 0 aromatic rings. The van der Waals surface area contributed by atoms with Crippen molar-refractivity contribution < 1.29 is 20.1 Å². The predicted molar refractivity (Wildman–Crippen MR) is 162 cm³/mol. The summed E-state index contributed by atoms with van der Waals surface area (Å²) in [6.45, 7) is 6.30. The number of rotatable bonds is 27. The molecule has 3 unspecified atom stereocenters. The van der Waals surface area contributed by atoms with Crippen LogP contribution in [0, 0.1) is 0 Å². The van der Waals surface area contributed by atoms with Crippen LogP contribution in [-0.2, 0) is 4.79 Å². The monoisotopic (exact) mass is 537 g/mol. The maximum absolute atomic E-state index is 12.3. The third kappa shape index (κ3) is 22.8. The molecule has 0 aliphatic carbocycles. The van der Waals surface area contributed by atoms with Gasteiger partial charge in [0.15, 0.2) is 0 Å². The fourth-order valence-electron chi connectivity index (χ4n) is 4.73. The number of carbonyl (C=O) groups is 1. The lowest BCUT2D eigenvalue weighted by Gasteiger charge is -2.21. The summed E-state index contributed by atoms with van der Waals surface area (Å²) in [5.41, 5.74) is 1.42. The molecular weight excluding hydrogens is 474 g/mol. The molecule has 0 aromatic carbocycles. The van der Waals surface area contributed by atoms with Gasteiger partial charge in [-0.05, 0) is 39.0 Å². The Balaban J connectivity index is 4.00. The number of allylic oxidation sites excluding steroid dienone is 3. The second kappa shape index (κ2) is 27.4. The van der Waals surface area contributed by atoms with E-state index in [4.69, 9.17) is 0 Å². The summed E-state index contributed by atoms with van der Waals surface area (Å²) < 4.78 is 0. The predicted octanol–water partition coefficient (Wildman–Crippen LogP) is 7.92. The minimum atomic E-state index is -1.10. The van der Waals surface area contributed by atoms with Crippen molar-refractivity contribution in [3.63, 3.8) is 0 Å². The molecule has 0 saturated heterocycles. The molecule has 0 rings (SSSR count). The van der Waals surface area contributed by atoms with Crippen molar-refractivity contribution in [2.24, 2.45) is 0 Å². The van der Waals surface area contributed by atoms with Gasteiger partial charge in [-0.25, -0.2) is 0 Å². The van der Waals surface area contributed by atoms with E-state index in [1.54, 1.807) is 6.08 Å². The molecule has 5 heteroatoms. The van der Waals surface area contributed by atoms with E-state index in [9.17, 15) is 20.1 Å². The highest BCUT2D eigenvalue weighted by Crippen LogP contribution is 2.14. The number of amides is 1. The SMILES string of the molecule is CCCCCCCCCCCCC(O)C(=O)NC(CO)C(O)C=CCCC=C(C)CCCCCCCCC. The largest absolute Gasteiger partial charge is 0.394 e. The van der Waals surface area contributed by atoms with Crippen molar-refractivity contribution in [2.75, 3.05) is 6.61 Å². The molecule has 0 aromatic heterocycles. The molecule has 0 heterocycles. The van der Waals surface area contributed by atoms with E-state index < -0.39 is 24.2 Å². The van der Waals surface area contributed by atoms with E-state index in [1.165, 1.54) is 95.5 Å². The summed E-state index contributed by atoms with van der Waals surface area (Å²) in [4.78, 5) is 12.3. The molecular formula is C33H63NO4. The van der Waals surface area contributed by atoms with Crippen LogP contribution in [0.25, 0.3) is 0 Å². The normalized spacial score (nSPS) is 14.6. The number of hydrogen-bond donors (Lipinski definition) is 4. The molecule has 0 spiro atoms. The highest BCUT2D eigenvalue weighted by molar-refractivity contribution is 5.80. The highest BCUT2D eigenvalue weighted by atomic mass is 16.3. The lowest BCUT2D eigenvalue weighted by atomic mass is 10.0. The zero-order valence-corrected chi connectivity index (χ0v) is 25.3. The maximum Gasteiger partial charge on any atom is 0.249 e. The third-order valence-electron chi connectivity index (χ3n) is 7.40. The van der Waals surface area contributed by atoms with Gasteiger partial charge in [0.05, 0.1) is 18.8 Å². The Labute approximate surface area is 235 Å². The van der Waals surface area contributed by atoms with Gasteiger partial charge in [0.25, 0.3) is 0 Å². The van der Waals surface area contributed by atoms with Crippen LogP contribution in [0.5, 0.6) is 0 Å². The van der Waals surface area contributed by atoms with Crippen molar-refractivity contribution in [1.82, 2.24) is 5.32 Å². The average Bonchev–Trinajstić information content (AvgIpc) is 2.91. The molecule has 3 atom stereocenters. The minimum absolute atomic E-state index is 0.375. The zero-order chi connectivity index (χ0) is 28.3. The van der Waals surface area contributed by atoms with Crippen LogP contribution in [-0.4, -0.2) is 46.1 Å². The average molecular weight is 538 g/mol. The second-order valence-corrected chi connectivity index (χ2v) is 11.2. The molecule has 0 radical (unpaired) electrons. The van der Waals surface area contributed by atoms with E-state index in [0.29, 0.717) is 6.42 Å². The summed E-state index contributed by atoms with van der Waals surface area (Å²) >= 11 is 0. The van der Waals surface area contributed by atoms with Gasteiger partial charge in [0.2, 0.25) is 5.91 Å². The molecule has 0 saturated carbocycles. The fourth-order valence-corrected chi connectivity index (χ4v) is 4.73. The molecule has 0 fully saturated rings. The second-order valence-electron chi connectivity index (χ2n) is 11.2. The smallest absolute Gasteiger partial charge is 0.249 e. The molecule has 4 N–H and O–H groups in total. The number of nitrogens with one attached hydrogen (secondary N) is 1. The standard InChI is InChI=1S/C33H63NO4/c1-4-6-8-10-12-13-14-16-18-22-27-32(37)33(38)34-30(28-35)31(36)26-23-19-21-25-29(3)24-20-17-15-11-9-7-5-2/h23,25-26,30-32,35-37H,4-22,24,27-28H2,1-3H3,(H,34,38). The highest BCUT2D eigenvalue weighted by Gasteiger charge is 2.22. The summed E-state index contributed by atoms with van der Waals surface area (Å²) in [5, 5.41) is 32.8. The van der Waals surface area contributed by atoms with Crippen LogP contribution in [0.3, 0.4) is 0 Å². The van der Waals surface area contributed by atoms with Gasteiger partial charge < -0.3 is 20.6 Å². The van der Waals surface area contributed by atoms with Crippen molar-refractivity contribution in [1.29, 1.82) is 0 Å². The number of aliphatic hydroxyl groups excluding tert-OH is 3. The lowest BCUT2D eigenvalue weighted by molar-refractivity contribution is -0.131. The molecule has 5 nitrogen and oxygen atoms in total. The van der Waals surface area contributed by atoms with Gasteiger partial charge in [-0.15, -0.1) is 0 Å².